The molecule has 1 unspecified atom stereocenters. The van der Waals surface area contributed by atoms with Crippen LogP contribution in [0.2, 0.25) is 0 Å². The van der Waals surface area contributed by atoms with E-state index in [1.807, 2.05) is 4.90 Å². The Morgan fingerprint density at radius 1 is 1.24 bits per heavy atom. The molecule has 0 aliphatic carbocycles. The molecule has 2 aromatic rings. The van der Waals surface area contributed by atoms with Gasteiger partial charge in [0.1, 0.15) is 11.6 Å². The van der Waals surface area contributed by atoms with Crippen LogP contribution in [0.4, 0.5) is 28.0 Å². The van der Waals surface area contributed by atoms with Crippen molar-refractivity contribution in [2.75, 3.05) is 25.0 Å². The van der Waals surface area contributed by atoms with Crippen molar-refractivity contribution in [3.8, 4) is 5.75 Å². The fourth-order valence-corrected chi connectivity index (χ4v) is 4.24. The quantitative estimate of drug-likeness (QED) is 0.658. The summed E-state index contributed by atoms with van der Waals surface area (Å²) in [6.07, 6.45) is -4.71. The lowest BCUT2D eigenvalue weighted by Gasteiger charge is -2.22. The molecule has 182 valence electrons. The van der Waals surface area contributed by atoms with E-state index >= 15 is 4.39 Å². The standard InChI is InChI=1S/C23H24F4N4O3/c1-13-9-18-19(10-17(11-20(18)24)34-23(25,26)27)21(29-31(13)22(33)28-2)14-3-5-15(6-4-14)30-8-7-16(32)12-30/h3-6,10-11,13,16,32H,7-9,12H2,1-2H3,(H,28,33)/t13?,16-/m0/s1. The summed E-state index contributed by atoms with van der Waals surface area (Å²) in [4.78, 5) is 14.5. The summed E-state index contributed by atoms with van der Waals surface area (Å²) in [5.74, 6) is -1.59. The molecule has 0 radical (unpaired) electrons. The molecule has 34 heavy (non-hydrogen) atoms. The molecular weight excluding hydrogens is 456 g/mol. The van der Waals surface area contributed by atoms with Crippen LogP contribution in [0.3, 0.4) is 0 Å². The maximum absolute atomic E-state index is 15.0. The zero-order valence-corrected chi connectivity index (χ0v) is 18.6. The number of aliphatic hydroxyl groups is 1. The number of hydrogen-bond acceptors (Lipinski definition) is 5. The van der Waals surface area contributed by atoms with Gasteiger partial charge in [-0.3, -0.25) is 0 Å². The van der Waals surface area contributed by atoms with Gasteiger partial charge >= 0.3 is 12.4 Å². The minimum Gasteiger partial charge on any atom is -0.406 e. The minimum absolute atomic E-state index is 0.0393. The van der Waals surface area contributed by atoms with Gasteiger partial charge in [0, 0.05) is 43.0 Å². The number of urea groups is 1. The van der Waals surface area contributed by atoms with Crippen LogP contribution in [0.1, 0.15) is 30.0 Å². The van der Waals surface area contributed by atoms with Crippen molar-refractivity contribution >= 4 is 17.4 Å². The molecule has 0 spiro atoms. The van der Waals surface area contributed by atoms with Gasteiger partial charge in [-0.2, -0.15) is 5.10 Å². The lowest BCUT2D eigenvalue weighted by atomic mass is 9.93. The van der Waals surface area contributed by atoms with Gasteiger partial charge in [-0.15, -0.1) is 13.2 Å². The van der Waals surface area contributed by atoms with Crippen LogP contribution in [-0.2, 0) is 6.42 Å². The molecule has 2 N–H and O–H groups in total. The molecule has 2 atom stereocenters. The van der Waals surface area contributed by atoms with Gasteiger partial charge in [0.15, 0.2) is 0 Å². The number of carbonyl (C=O) groups is 1. The third-order valence-corrected chi connectivity index (χ3v) is 5.87. The number of hydrazone groups is 1. The number of fused-ring (bicyclic) bond motifs is 1. The summed E-state index contributed by atoms with van der Waals surface area (Å²) in [5, 5.41) is 17.9. The number of ether oxygens (including phenoxy) is 1. The summed E-state index contributed by atoms with van der Waals surface area (Å²) >= 11 is 0. The Labute approximate surface area is 193 Å². The predicted octanol–water partition coefficient (Wildman–Crippen LogP) is 3.63. The van der Waals surface area contributed by atoms with Gasteiger partial charge in [-0.1, -0.05) is 12.1 Å². The molecule has 0 saturated carbocycles. The van der Waals surface area contributed by atoms with Crippen LogP contribution in [0.15, 0.2) is 41.5 Å². The average molecular weight is 480 g/mol. The summed E-state index contributed by atoms with van der Waals surface area (Å²) in [6.45, 7) is 2.86. The highest BCUT2D eigenvalue weighted by Gasteiger charge is 2.34. The van der Waals surface area contributed by atoms with E-state index in [1.54, 1.807) is 31.2 Å². The van der Waals surface area contributed by atoms with Crippen molar-refractivity contribution in [1.29, 1.82) is 0 Å². The first-order valence-corrected chi connectivity index (χ1v) is 10.8. The molecule has 2 aliphatic heterocycles. The van der Waals surface area contributed by atoms with Gasteiger partial charge < -0.3 is 20.1 Å². The number of alkyl halides is 3. The Kier molecular flexibility index (Phi) is 6.39. The van der Waals surface area contributed by atoms with E-state index in [4.69, 9.17) is 0 Å². The minimum atomic E-state index is -4.99. The Morgan fingerprint density at radius 2 is 1.94 bits per heavy atom. The highest BCUT2D eigenvalue weighted by molar-refractivity contribution is 6.14. The molecule has 0 bridgehead atoms. The van der Waals surface area contributed by atoms with Crippen LogP contribution in [0.5, 0.6) is 5.75 Å². The van der Waals surface area contributed by atoms with Gasteiger partial charge in [-0.05, 0) is 43.5 Å². The number of aliphatic hydroxyl groups excluding tert-OH is 1. The third-order valence-electron chi connectivity index (χ3n) is 5.87. The highest BCUT2D eigenvalue weighted by atomic mass is 19.4. The maximum atomic E-state index is 15.0. The van der Waals surface area contributed by atoms with E-state index in [0.717, 1.165) is 16.8 Å². The Morgan fingerprint density at radius 3 is 2.53 bits per heavy atom. The number of rotatable bonds is 3. The molecule has 7 nitrogen and oxygen atoms in total. The second kappa shape index (κ2) is 9.13. The van der Waals surface area contributed by atoms with Crippen molar-refractivity contribution < 1.29 is 32.2 Å². The number of anilines is 1. The van der Waals surface area contributed by atoms with Gasteiger partial charge in [0.05, 0.1) is 17.9 Å². The molecular formula is C23H24F4N4O3. The average Bonchev–Trinajstić information content (AvgIpc) is 3.14. The number of nitrogens with zero attached hydrogens (tertiary/aromatic N) is 3. The number of benzene rings is 2. The van der Waals surface area contributed by atoms with Gasteiger partial charge in [0.2, 0.25) is 0 Å². The van der Waals surface area contributed by atoms with E-state index in [-0.39, 0.29) is 23.3 Å². The molecule has 2 amide bonds. The summed E-state index contributed by atoms with van der Waals surface area (Å²) in [7, 11) is 1.43. The second-order valence-corrected chi connectivity index (χ2v) is 8.32. The maximum Gasteiger partial charge on any atom is 0.573 e. The second-order valence-electron chi connectivity index (χ2n) is 8.32. The molecule has 1 fully saturated rings. The normalized spacial score (nSPS) is 20.5. The lowest BCUT2D eigenvalue weighted by Crippen LogP contribution is -2.41. The highest BCUT2D eigenvalue weighted by Crippen LogP contribution is 2.32. The Balaban J connectivity index is 1.81. The van der Waals surface area contributed by atoms with E-state index in [2.05, 4.69) is 15.2 Å². The number of nitrogens with one attached hydrogen (secondary N) is 1. The van der Waals surface area contributed by atoms with Crippen LogP contribution in [0.25, 0.3) is 0 Å². The van der Waals surface area contributed by atoms with Crippen molar-refractivity contribution in [3.63, 3.8) is 0 Å². The van der Waals surface area contributed by atoms with Crippen molar-refractivity contribution in [3.05, 3.63) is 58.9 Å². The van der Waals surface area contributed by atoms with Crippen molar-refractivity contribution in [2.24, 2.45) is 5.10 Å². The smallest absolute Gasteiger partial charge is 0.406 e. The van der Waals surface area contributed by atoms with Crippen LogP contribution >= 0.6 is 0 Å². The van der Waals surface area contributed by atoms with Crippen LogP contribution in [0, 0.1) is 5.82 Å². The third kappa shape index (κ3) is 4.93. The Hall–Kier alpha value is -3.34. The molecule has 1 saturated heterocycles. The molecule has 2 heterocycles. The van der Waals surface area contributed by atoms with E-state index in [9.17, 15) is 23.1 Å². The number of carbonyl (C=O) groups excluding carboxylic acids is 1. The molecule has 4 rings (SSSR count). The largest absolute Gasteiger partial charge is 0.573 e. The SMILES string of the molecule is CNC(=O)N1N=C(c2ccc(N3CC[C@H](O)C3)cc2)c2cc(OC(F)(F)F)cc(F)c2CC1C. The van der Waals surface area contributed by atoms with Crippen molar-refractivity contribution in [1.82, 2.24) is 10.3 Å². The lowest BCUT2D eigenvalue weighted by molar-refractivity contribution is -0.274. The fourth-order valence-electron chi connectivity index (χ4n) is 4.24. The molecule has 0 aromatic heterocycles. The number of hydrogen-bond donors (Lipinski definition) is 2. The first-order chi connectivity index (χ1) is 16.1. The first-order valence-electron chi connectivity index (χ1n) is 10.8. The van der Waals surface area contributed by atoms with Crippen LogP contribution < -0.4 is 15.0 Å². The summed E-state index contributed by atoms with van der Waals surface area (Å²) in [5.41, 5.74) is 1.73. The summed E-state index contributed by atoms with van der Waals surface area (Å²) in [6, 6.07) is 7.68. The first kappa shape index (κ1) is 23.8. The zero-order valence-electron chi connectivity index (χ0n) is 18.6. The van der Waals surface area contributed by atoms with Crippen LogP contribution in [-0.4, -0.2) is 60.5 Å². The molecule has 2 aliphatic rings. The van der Waals surface area contributed by atoms with E-state index in [0.29, 0.717) is 31.1 Å². The van der Waals surface area contributed by atoms with Gasteiger partial charge in [0.25, 0.3) is 0 Å². The van der Waals surface area contributed by atoms with E-state index < -0.39 is 36.1 Å². The summed E-state index contributed by atoms with van der Waals surface area (Å²) < 4.78 is 57.5. The Bertz CT molecular complexity index is 1100. The topological polar surface area (TPSA) is 77.4 Å². The van der Waals surface area contributed by atoms with Gasteiger partial charge in [-0.25, -0.2) is 14.2 Å². The molecule has 2 aromatic carbocycles. The van der Waals surface area contributed by atoms with E-state index in [1.165, 1.54) is 7.05 Å². The van der Waals surface area contributed by atoms with Crippen molar-refractivity contribution in [2.45, 2.75) is 38.3 Å². The fraction of sp³-hybridized carbons (Fsp3) is 0.391. The monoisotopic (exact) mass is 480 g/mol. The zero-order chi connectivity index (χ0) is 24.6. The number of halogens is 4. The molecule has 11 heteroatoms. The predicted molar refractivity (Wildman–Crippen MR) is 117 cm³/mol. The number of β-amino-alcohol motifs (C(OH)–C–C–N with tert-alkyl or cyclic N) is 1. The number of amides is 2.